The normalized spacial score (nSPS) is 12.2. The number of halogens is 2. The number of carbonyl (C=O) groups is 1. The van der Waals surface area contributed by atoms with E-state index in [1.807, 2.05) is 0 Å². The molecule has 0 N–H and O–H groups in total. The lowest BCUT2D eigenvalue weighted by molar-refractivity contribution is -0.145. The summed E-state index contributed by atoms with van der Waals surface area (Å²) in [6.07, 6.45) is 0.446. The van der Waals surface area contributed by atoms with Crippen molar-refractivity contribution >= 4 is 5.97 Å². The van der Waals surface area contributed by atoms with Crippen LogP contribution >= 0.6 is 0 Å². The molecule has 1 aromatic rings. The fraction of sp³-hybridized carbons (Fsp3) is 0.417. The zero-order valence-corrected chi connectivity index (χ0v) is 9.30. The Hall–Kier alpha value is -1.45. The van der Waals surface area contributed by atoms with Crippen LogP contribution in [0.3, 0.4) is 0 Å². The fourth-order valence-electron chi connectivity index (χ4n) is 1.56. The summed E-state index contributed by atoms with van der Waals surface area (Å²) in [4.78, 5) is 11.5. The summed E-state index contributed by atoms with van der Waals surface area (Å²) in [6.45, 7) is 3.72. The van der Waals surface area contributed by atoms with Gasteiger partial charge in [0, 0.05) is 6.07 Å². The Balaban J connectivity index is 2.98. The van der Waals surface area contributed by atoms with E-state index in [-0.39, 0.29) is 6.61 Å². The molecule has 0 aliphatic carbocycles. The molecule has 1 rings (SSSR count). The molecule has 0 radical (unpaired) electrons. The Kier molecular flexibility index (Phi) is 4.40. The number of esters is 1. The quantitative estimate of drug-likeness (QED) is 0.740. The van der Waals surface area contributed by atoms with Gasteiger partial charge >= 0.3 is 5.97 Å². The van der Waals surface area contributed by atoms with Crippen molar-refractivity contribution < 1.29 is 18.3 Å². The third kappa shape index (κ3) is 3.02. The zero-order chi connectivity index (χ0) is 12.1. The molecule has 0 aromatic heterocycles. The molecule has 2 nitrogen and oxygen atoms in total. The summed E-state index contributed by atoms with van der Waals surface area (Å²) < 4.78 is 30.8. The third-order valence-electron chi connectivity index (χ3n) is 2.27. The molecule has 0 saturated carbocycles. The van der Waals surface area contributed by atoms with E-state index in [9.17, 15) is 13.6 Å². The summed E-state index contributed by atoms with van der Waals surface area (Å²) in [5.41, 5.74) is 0.318. The molecule has 0 saturated heterocycles. The lowest BCUT2D eigenvalue weighted by Crippen LogP contribution is -2.15. The van der Waals surface area contributed by atoms with E-state index >= 15 is 0 Å². The minimum Gasteiger partial charge on any atom is -0.466 e. The van der Waals surface area contributed by atoms with E-state index in [2.05, 4.69) is 0 Å². The van der Waals surface area contributed by atoms with Crippen LogP contribution in [0.5, 0.6) is 0 Å². The van der Waals surface area contributed by atoms with E-state index in [0.29, 0.717) is 12.0 Å². The van der Waals surface area contributed by atoms with Crippen molar-refractivity contribution in [2.75, 3.05) is 6.61 Å². The molecule has 0 fully saturated rings. The molecule has 1 aromatic carbocycles. The van der Waals surface area contributed by atoms with Crippen molar-refractivity contribution in [3.63, 3.8) is 0 Å². The molecule has 1 unspecified atom stereocenters. The van der Waals surface area contributed by atoms with Gasteiger partial charge in [0.25, 0.3) is 0 Å². The summed E-state index contributed by atoms with van der Waals surface area (Å²) in [5, 5.41) is 0. The van der Waals surface area contributed by atoms with Gasteiger partial charge < -0.3 is 4.74 Å². The van der Waals surface area contributed by atoms with Crippen molar-refractivity contribution in [3.05, 3.63) is 35.4 Å². The highest BCUT2D eigenvalue weighted by Crippen LogP contribution is 2.23. The van der Waals surface area contributed by atoms with Crippen LogP contribution in [0.25, 0.3) is 0 Å². The molecule has 0 bridgehead atoms. The topological polar surface area (TPSA) is 26.3 Å². The van der Waals surface area contributed by atoms with Crippen molar-refractivity contribution in [2.45, 2.75) is 26.2 Å². The predicted molar refractivity (Wildman–Crippen MR) is 56.0 cm³/mol. The average molecular weight is 228 g/mol. The lowest BCUT2D eigenvalue weighted by Gasteiger charge is -2.13. The first-order valence-corrected chi connectivity index (χ1v) is 5.21. The largest absolute Gasteiger partial charge is 0.466 e. The van der Waals surface area contributed by atoms with Gasteiger partial charge in [0.2, 0.25) is 0 Å². The first-order valence-electron chi connectivity index (χ1n) is 5.21. The maximum absolute atomic E-state index is 13.0. The van der Waals surface area contributed by atoms with Crippen LogP contribution in [0.2, 0.25) is 0 Å². The highest BCUT2D eigenvalue weighted by molar-refractivity contribution is 5.78. The molecule has 88 valence electrons. The molecule has 4 heteroatoms. The van der Waals surface area contributed by atoms with Gasteiger partial charge in [0.15, 0.2) is 0 Å². The van der Waals surface area contributed by atoms with Gasteiger partial charge in [-0.25, -0.2) is 8.78 Å². The second-order valence-corrected chi connectivity index (χ2v) is 3.42. The maximum atomic E-state index is 13.0. The molecular weight excluding hydrogens is 214 g/mol. The Bertz CT molecular complexity index is 357. The van der Waals surface area contributed by atoms with Crippen LogP contribution in [0.1, 0.15) is 31.7 Å². The average Bonchev–Trinajstić information content (AvgIpc) is 2.17. The summed E-state index contributed by atoms with van der Waals surface area (Å²) in [5.74, 6) is -2.42. The summed E-state index contributed by atoms with van der Waals surface area (Å²) in [6, 6.07) is 3.10. The first kappa shape index (κ1) is 12.6. The van der Waals surface area contributed by atoms with E-state index in [4.69, 9.17) is 4.74 Å². The maximum Gasteiger partial charge on any atom is 0.313 e. The highest BCUT2D eigenvalue weighted by Gasteiger charge is 2.21. The molecule has 0 heterocycles. The Morgan fingerprint density at radius 1 is 1.25 bits per heavy atom. The summed E-state index contributed by atoms with van der Waals surface area (Å²) in [7, 11) is 0. The molecule has 16 heavy (non-hydrogen) atoms. The van der Waals surface area contributed by atoms with Gasteiger partial charge in [0.05, 0.1) is 12.5 Å². The van der Waals surface area contributed by atoms with Crippen LogP contribution in [0, 0.1) is 11.6 Å². The van der Waals surface area contributed by atoms with E-state index in [1.54, 1.807) is 13.8 Å². The highest BCUT2D eigenvalue weighted by atomic mass is 19.1. The Labute approximate surface area is 93.2 Å². The minimum absolute atomic E-state index is 0.257. The Morgan fingerprint density at radius 2 is 1.81 bits per heavy atom. The number of hydrogen-bond acceptors (Lipinski definition) is 2. The molecule has 0 spiro atoms. The Morgan fingerprint density at radius 3 is 2.25 bits per heavy atom. The molecule has 0 aliphatic heterocycles. The van der Waals surface area contributed by atoms with Gasteiger partial charge in [0.1, 0.15) is 11.6 Å². The van der Waals surface area contributed by atoms with Crippen LogP contribution in [0.15, 0.2) is 18.2 Å². The SMILES string of the molecule is CCOC(=O)C(CC)c1cc(F)cc(F)c1. The van der Waals surface area contributed by atoms with Gasteiger partial charge in [-0.3, -0.25) is 4.79 Å². The lowest BCUT2D eigenvalue weighted by atomic mass is 9.96. The molecule has 1 atom stereocenters. The first-order chi connectivity index (χ1) is 7.58. The number of ether oxygens (including phenoxy) is 1. The predicted octanol–water partition coefficient (Wildman–Crippen LogP) is 3.02. The number of rotatable bonds is 4. The van der Waals surface area contributed by atoms with Crippen LogP contribution in [0.4, 0.5) is 8.78 Å². The molecule has 0 amide bonds. The fourth-order valence-corrected chi connectivity index (χ4v) is 1.56. The molecular formula is C12H14F2O2. The van der Waals surface area contributed by atoms with Crippen LogP contribution < -0.4 is 0 Å². The van der Waals surface area contributed by atoms with Crippen molar-refractivity contribution in [3.8, 4) is 0 Å². The number of benzene rings is 1. The second-order valence-electron chi connectivity index (χ2n) is 3.42. The van der Waals surface area contributed by atoms with E-state index in [1.165, 1.54) is 0 Å². The zero-order valence-electron chi connectivity index (χ0n) is 9.30. The van der Waals surface area contributed by atoms with Crippen molar-refractivity contribution in [2.24, 2.45) is 0 Å². The number of carbonyl (C=O) groups excluding carboxylic acids is 1. The summed E-state index contributed by atoms with van der Waals surface area (Å²) >= 11 is 0. The van der Waals surface area contributed by atoms with Gasteiger partial charge in [-0.1, -0.05) is 6.92 Å². The van der Waals surface area contributed by atoms with Crippen LogP contribution in [-0.4, -0.2) is 12.6 Å². The van der Waals surface area contributed by atoms with Crippen molar-refractivity contribution in [1.29, 1.82) is 0 Å². The van der Waals surface area contributed by atoms with Gasteiger partial charge in [-0.2, -0.15) is 0 Å². The van der Waals surface area contributed by atoms with E-state index in [0.717, 1.165) is 18.2 Å². The second kappa shape index (κ2) is 5.58. The van der Waals surface area contributed by atoms with Crippen molar-refractivity contribution in [1.82, 2.24) is 0 Å². The standard InChI is InChI=1S/C12H14F2O2/c1-3-11(12(15)16-4-2)8-5-9(13)7-10(14)6-8/h5-7,11H,3-4H2,1-2H3. The van der Waals surface area contributed by atoms with Gasteiger partial charge in [-0.15, -0.1) is 0 Å². The smallest absolute Gasteiger partial charge is 0.313 e. The molecule has 0 aliphatic rings. The van der Waals surface area contributed by atoms with Crippen LogP contribution in [-0.2, 0) is 9.53 Å². The van der Waals surface area contributed by atoms with Gasteiger partial charge in [-0.05, 0) is 31.0 Å². The monoisotopic (exact) mass is 228 g/mol. The van der Waals surface area contributed by atoms with E-state index < -0.39 is 23.5 Å². The third-order valence-corrected chi connectivity index (χ3v) is 2.27. The number of hydrogen-bond donors (Lipinski definition) is 0. The minimum atomic E-state index is -0.683.